The van der Waals surface area contributed by atoms with Crippen LogP contribution in [0.5, 0.6) is 0 Å². The van der Waals surface area contributed by atoms with Crippen molar-refractivity contribution in [2.24, 2.45) is 0 Å². The van der Waals surface area contributed by atoms with E-state index < -0.39 is 5.82 Å². The van der Waals surface area contributed by atoms with Crippen molar-refractivity contribution in [2.75, 3.05) is 0 Å². The number of hydrogen-bond donors (Lipinski definition) is 0. The molecule has 9 heavy (non-hydrogen) atoms. The van der Waals surface area contributed by atoms with E-state index in [0.29, 0.717) is 5.02 Å². The molecule has 0 saturated carbocycles. The van der Waals surface area contributed by atoms with E-state index in [1.807, 2.05) is 0 Å². The van der Waals surface area contributed by atoms with Crippen LogP contribution >= 0.6 is 11.6 Å². The van der Waals surface area contributed by atoms with Crippen molar-refractivity contribution >= 4 is 11.6 Å². The first-order valence-electron chi connectivity index (χ1n) is 2.53. The molecule has 1 rings (SSSR count). The minimum absolute atomic E-state index is 0.326. The average Bonchev–Trinajstić information content (AvgIpc) is 1.59. The Balaban J connectivity index is 3.17. The molecule has 0 amide bonds. The van der Waals surface area contributed by atoms with Gasteiger partial charge in [-0.15, -0.1) is 0 Å². The molecule has 0 aliphatic carbocycles. The van der Waals surface area contributed by atoms with Crippen LogP contribution in [0.25, 0.3) is 0 Å². The summed E-state index contributed by atoms with van der Waals surface area (Å²) in [5.41, 5.74) is 0.816. The average molecular weight is 144 g/mol. The highest BCUT2D eigenvalue weighted by Crippen LogP contribution is 2.11. The van der Waals surface area contributed by atoms with Gasteiger partial charge >= 0.3 is 0 Å². The highest BCUT2D eigenvalue weighted by molar-refractivity contribution is 6.30. The Bertz CT molecular complexity index is 170. The fraction of sp³-hybridized carbons (Fsp3) is 0.143. The van der Waals surface area contributed by atoms with Crippen LogP contribution in [-0.2, 0) is 0 Å². The zero-order valence-electron chi connectivity index (χ0n) is 4.91. The van der Waals surface area contributed by atoms with Crippen molar-refractivity contribution in [3.8, 4) is 0 Å². The maximum Gasteiger partial charge on any atom is 0.132 e. The Labute approximate surface area is 58.3 Å². The summed E-state index contributed by atoms with van der Waals surface area (Å²) in [4.78, 5) is 0. The molecule has 1 aromatic rings. The van der Waals surface area contributed by atoms with Crippen LogP contribution in [0, 0.1) is 18.8 Å². The number of hydrogen-bond acceptors (Lipinski definition) is 0. The SMILES string of the molecule is Cc1cc(F)[c]c(Cl)c1. The molecule has 1 aromatic carbocycles. The Hall–Kier alpha value is -0.560. The summed E-state index contributed by atoms with van der Waals surface area (Å²) in [7, 11) is 0. The van der Waals surface area contributed by atoms with Crippen molar-refractivity contribution < 1.29 is 4.39 Å². The molecule has 0 spiro atoms. The molecule has 0 saturated heterocycles. The topological polar surface area (TPSA) is 0 Å². The van der Waals surface area contributed by atoms with Gasteiger partial charge in [0.15, 0.2) is 0 Å². The van der Waals surface area contributed by atoms with E-state index in [4.69, 9.17) is 11.6 Å². The minimum atomic E-state index is -0.403. The van der Waals surface area contributed by atoms with Crippen molar-refractivity contribution in [1.29, 1.82) is 0 Å². The van der Waals surface area contributed by atoms with E-state index in [-0.39, 0.29) is 0 Å². The highest BCUT2D eigenvalue weighted by atomic mass is 35.5. The molecule has 1 radical (unpaired) electrons. The summed E-state index contributed by atoms with van der Waals surface area (Å²) in [5.74, 6) is -0.403. The van der Waals surface area contributed by atoms with Gasteiger partial charge < -0.3 is 0 Å². The van der Waals surface area contributed by atoms with Gasteiger partial charge in [0, 0.05) is 6.07 Å². The number of benzene rings is 1. The molecule has 0 aromatic heterocycles. The summed E-state index contributed by atoms with van der Waals surface area (Å²) in [6, 6.07) is 5.35. The molecular weight excluding hydrogens is 139 g/mol. The van der Waals surface area contributed by atoms with Crippen LogP contribution in [0.3, 0.4) is 0 Å². The van der Waals surface area contributed by atoms with Crippen LogP contribution in [-0.4, -0.2) is 0 Å². The van der Waals surface area contributed by atoms with E-state index in [0.717, 1.165) is 5.56 Å². The lowest BCUT2D eigenvalue weighted by atomic mass is 10.2. The maximum absolute atomic E-state index is 12.3. The predicted octanol–water partition coefficient (Wildman–Crippen LogP) is 2.59. The first kappa shape index (κ1) is 6.56. The largest absolute Gasteiger partial charge is 0.206 e. The molecule has 0 bridgehead atoms. The highest BCUT2D eigenvalue weighted by Gasteiger charge is 1.93. The second-order valence-corrected chi connectivity index (χ2v) is 2.26. The molecule has 0 atom stereocenters. The summed E-state index contributed by atoms with van der Waals surface area (Å²) >= 11 is 5.45. The van der Waals surface area contributed by atoms with Gasteiger partial charge in [-0.2, -0.15) is 0 Å². The summed E-state index contributed by atoms with van der Waals surface area (Å²) in [6.07, 6.45) is 0. The van der Waals surface area contributed by atoms with Crippen LogP contribution in [0.4, 0.5) is 4.39 Å². The van der Waals surface area contributed by atoms with Crippen LogP contribution < -0.4 is 0 Å². The quantitative estimate of drug-likeness (QED) is 0.524. The molecule has 0 heterocycles. The van der Waals surface area contributed by atoms with E-state index in [1.54, 1.807) is 13.0 Å². The van der Waals surface area contributed by atoms with Crippen molar-refractivity contribution in [2.45, 2.75) is 6.92 Å². The third kappa shape index (κ3) is 1.68. The van der Waals surface area contributed by atoms with Gasteiger partial charge in [0.1, 0.15) is 5.82 Å². The first-order valence-corrected chi connectivity index (χ1v) is 2.91. The number of rotatable bonds is 0. The van der Waals surface area contributed by atoms with Gasteiger partial charge in [-0.25, -0.2) is 4.39 Å². The van der Waals surface area contributed by atoms with E-state index in [2.05, 4.69) is 6.07 Å². The Morgan fingerprint density at radius 1 is 1.56 bits per heavy atom. The molecule has 0 unspecified atom stereocenters. The first-order chi connectivity index (χ1) is 4.18. The second-order valence-electron chi connectivity index (χ2n) is 1.85. The summed E-state index contributed by atoms with van der Waals surface area (Å²) in [5, 5.41) is 0.326. The Morgan fingerprint density at radius 2 is 2.22 bits per heavy atom. The lowest BCUT2D eigenvalue weighted by molar-refractivity contribution is 0.624. The molecule has 47 valence electrons. The third-order valence-electron chi connectivity index (χ3n) is 0.948. The molecule has 0 aliphatic heterocycles. The van der Waals surface area contributed by atoms with Gasteiger partial charge in [-0.05, 0) is 24.6 Å². The smallest absolute Gasteiger partial charge is 0.132 e. The van der Waals surface area contributed by atoms with Gasteiger partial charge in [0.2, 0.25) is 0 Å². The standard InChI is InChI=1S/C7H5ClF/c1-5-2-6(8)4-7(9)3-5/h2-3H,1H3. The zero-order chi connectivity index (χ0) is 6.85. The monoisotopic (exact) mass is 143 g/mol. The minimum Gasteiger partial charge on any atom is -0.206 e. The van der Waals surface area contributed by atoms with Crippen molar-refractivity contribution in [1.82, 2.24) is 0 Å². The van der Waals surface area contributed by atoms with Gasteiger partial charge in [-0.3, -0.25) is 0 Å². The van der Waals surface area contributed by atoms with Crippen molar-refractivity contribution in [3.63, 3.8) is 0 Å². The Morgan fingerprint density at radius 3 is 2.67 bits per heavy atom. The second kappa shape index (κ2) is 2.36. The molecule has 0 N–H and O–H groups in total. The molecule has 2 heteroatoms. The van der Waals surface area contributed by atoms with E-state index in [1.165, 1.54) is 6.07 Å². The molecule has 0 fully saturated rings. The number of halogens is 2. The lowest BCUT2D eigenvalue weighted by Crippen LogP contribution is -1.76. The van der Waals surface area contributed by atoms with Gasteiger partial charge in [-0.1, -0.05) is 11.6 Å². The summed E-state index contributed by atoms with van der Waals surface area (Å²) < 4.78 is 12.3. The summed E-state index contributed by atoms with van der Waals surface area (Å²) in [6.45, 7) is 1.78. The molecular formula is C7H5ClF. The van der Waals surface area contributed by atoms with Crippen molar-refractivity contribution in [3.05, 3.63) is 34.6 Å². The fourth-order valence-electron chi connectivity index (χ4n) is 0.628. The lowest BCUT2D eigenvalue weighted by Gasteiger charge is -1.91. The Kier molecular flexibility index (Phi) is 1.72. The van der Waals surface area contributed by atoms with Crippen LogP contribution in [0.15, 0.2) is 12.1 Å². The predicted molar refractivity (Wildman–Crippen MR) is 35.0 cm³/mol. The van der Waals surface area contributed by atoms with Crippen LogP contribution in [0.2, 0.25) is 5.02 Å². The molecule has 0 aliphatic rings. The van der Waals surface area contributed by atoms with E-state index in [9.17, 15) is 4.39 Å². The zero-order valence-corrected chi connectivity index (χ0v) is 5.67. The van der Waals surface area contributed by atoms with Crippen LogP contribution in [0.1, 0.15) is 5.56 Å². The third-order valence-corrected chi connectivity index (χ3v) is 1.15. The number of aryl methyl sites for hydroxylation is 1. The van der Waals surface area contributed by atoms with Gasteiger partial charge in [0.05, 0.1) is 5.02 Å². The normalized spacial score (nSPS) is 9.67. The van der Waals surface area contributed by atoms with Gasteiger partial charge in [0.25, 0.3) is 0 Å². The molecule has 0 nitrogen and oxygen atoms in total. The fourth-order valence-corrected chi connectivity index (χ4v) is 0.890. The van der Waals surface area contributed by atoms with E-state index >= 15 is 0 Å². The maximum atomic E-state index is 12.3.